The molecule has 0 amide bonds. The quantitative estimate of drug-likeness (QED) is 0.347. The molecule has 0 rings (SSSR count). The summed E-state index contributed by atoms with van der Waals surface area (Å²) in [5, 5.41) is 0. The molecule has 1 atom stereocenters. The first kappa shape index (κ1) is 22.3. The molecule has 0 N–H and O–H groups in total. The van der Waals surface area contributed by atoms with Crippen LogP contribution in [-0.4, -0.2) is 5.60 Å². The van der Waals surface area contributed by atoms with Crippen molar-refractivity contribution in [1.29, 1.82) is 0 Å². The van der Waals surface area contributed by atoms with Crippen molar-refractivity contribution in [1.82, 2.24) is 0 Å². The normalized spacial score (nSPS) is 16.5. The summed E-state index contributed by atoms with van der Waals surface area (Å²) in [5.74, 6) is 1.58. The lowest BCUT2D eigenvalue weighted by molar-refractivity contribution is 0.0279. The fourth-order valence-corrected chi connectivity index (χ4v) is 3.25. The second-order valence-corrected chi connectivity index (χ2v) is 9.98. The molecule has 0 saturated heterocycles. The fraction of sp³-hybridized carbons (Fsp3) is 0.818. The molecule has 0 radical (unpaired) electrons. The third-order valence-corrected chi connectivity index (χ3v) is 4.28. The van der Waals surface area contributed by atoms with E-state index in [1.54, 1.807) is 0 Å². The van der Waals surface area contributed by atoms with Gasteiger partial charge in [-0.2, -0.15) is 0 Å². The van der Waals surface area contributed by atoms with E-state index in [1.165, 1.54) is 12.0 Å². The molecule has 1 heteroatoms. The smallest absolute Gasteiger partial charge is 0.103 e. The Kier molecular flexibility index (Phi) is 8.14. The summed E-state index contributed by atoms with van der Waals surface area (Å²) in [7, 11) is 0. The van der Waals surface area contributed by atoms with Gasteiger partial charge in [0.1, 0.15) is 5.60 Å². The minimum atomic E-state index is -0.0775. The van der Waals surface area contributed by atoms with Gasteiger partial charge in [-0.3, -0.25) is 0 Å². The predicted octanol–water partition coefficient (Wildman–Crippen LogP) is 7.53. The van der Waals surface area contributed by atoms with Gasteiger partial charge in [0, 0.05) is 0 Å². The van der Waals surface area contributed by atoms with Crippen molar-refractivity contribution in [3.8, 4) is 0 Å². The first-order valence-corrected chi connectivity index (χ1v) is 9.22. The second-order valence-electron chi connectivity index (χ2n) is 9.98. The molecule has 136 valence electrons. The van der Waals surface area contributed by atoms with Gasteiger partial charge in [-0.05, 0) is 63.4 Å². The molecule has 23 heavy (non-hydrogen) atoms. The number of rotatable bonds is 7. The minimum absolute atomic E-state index is 0.0775. The molecule has 0 aromatic carbocycles. The minimum Gasteiger partial charge on any atom is -0.493 e. The maximum absolute atomic E-state index is 6.11. The zero-order chi connectivity index (χ0) is 18.5. The van der Waals surface area contributed by atoms with E-state index in [0.29, 0.717) is 11.3 Å². The molecule has 0 fully saturated rings. The van der Waals surface area contributed by atoms with Crippen LogP contribution < -0.4 is 0 Å². The van der Waals surface area contributed by atoms with Crippen molar-refractivity contribution in [3.05, 3.63) is 23.5 Å². The Labute approximate surface area is 146 Å². The van der Waals surface area contributed by atoms with Gasteiger partial charge in [0.15, 0.2) is 0 Å². The first-order chi connectivity index (χ1) is 10.2. The van der Waals surface area contributed by atoms with Crippen LogP contribution in [0.2, 0.25) is 0 Å². The summed E-state index contributed by atoms with van der Waals surface area (Å²) in [6.45, 7) is 24.9. The lowest BCUT2D eigenvalue weighted by Crippen LogP contribution is -2.26. The largest absolute Gasteiger partial charge is 0.493 e. The zero-order valence-corrected chi connectivity index (χ0v) is 17.8. The van der Waals surface area contributed by atoms with Crippen LogP contribution in [0, 0.1) is 16.7 Å². The summed E-state index contributed by atoms with van der Waals surface area (Å²) in [5.41, 5.74) is 1.98. The van der Waals surface area contributed by atoms with Gasteiger partial charge in [-0.25, -0.2) is 0 Å². The molecule has 1 unspecified atom stereocenters. The van der Waals surface area contributed by atoms with Crippen LogP contribution in [0.1, 0.15) is 95.4 Å². The van der Waals surface area contributed by atoms with Gasteiger partial charge in [0.05, 0.1) is 5.76 Å². The molecule has 0 heterocycles. The van der Waals surface area contributed by atoms with Crippen LogP contribution in [0.5, 0.6) is 0 Å². The Bertz CT molecular complexity index is 410. The van der Waals surface area contributed by atoms with Gasteiger partial charge in [-0.1, -0.05) is 66.5 Å². The Balaban J connectivity index is 5.17. The topological polar surface area (TPSA) is 9.23 Å². The Morgan fingerprint density at radius 3 is 1.83 bits per heavy atom. The van der Waals surface area contributed by atoms with Gasteiger partial charge in [0.25, 0.3) is 0 Å². The standard InChI is InChI=1S/C22H42O/c1-12-15-22(10,11)23-18(3)14-13-17(2)19(21(7,8)9)16-20(4,5)6/h13-14,19H,12,15-16H2,1-11H3/b17-13+,18-14+. The molecular weight excluding hydrogens is 280 g/mol. The summed E-state index contributed by atoms with van der Waals surface area (Å²) >= 11 is 0. The average Bonchev–Trinajstić information content (AvgIpc) is 2.30. The highest BCUT2D eigenvalue weighted by Gasteiger charge is 2.29. The van der Waals surface area contributed by atoms with Crippen LogP contribution in [0.15, 0.2) is 23.5 Å². The van der Waals surface area contributed by atoms with Crippen molar-refractivity contribution < 1.29 is 4.74 Å². The Morgan fingerprint density at radius 1 is 0.913 bits per heavy atom. The monoisotopic (exact) mass is 322 g/mol. The predicted molar refractivity (Wildman–Crippen MR) is 105 cm³/mol. The summed E-state index contributed by atoms with van der Waals surface area (Å²) in [4.78, 5) is 0. The number of allylic oxidation sites excluding steroid dienone is 4. The van der Waals surface area contributed by atoms with Crippen LogP contribution in [0.4, 0.5) is 0 Å². The number of hydrogen-bond acceptors (Lipinski definition) is 1. The summed E-state index contributed by atoms with van der Waals surface area (Å²) in [6, 6.07) is 0. The highest BCUT2D eigenvalue weighted by Crippen LogP contribution is 2.40. The molecule has 1 nitrogen and oxygen atoms in total. The van der Waals surface area contributed by atoms with E-state index < -0.39 is 0 Å². The van der Waals surface area contributed by atoms with E-state index in [1.807, 2.05) is 0 Å². The van der Waals surface area contributed by atoms with Gasteiger partial charge >= 0.3 is 0 Å². The lowest BCUT2D eigenvalue weighted by Gasteiger charge is -2.36. The third kappa shape index (κ3) is 9.89. The van der Waals surface area contributed by atoms with Crippen molar-refractivity contribution in [2.45, 2.75) is 101 Å². The molecule has 0 aliphatic carbocycles. The van der Waals surface area contributed by atoms with Crippen LogP contribution in [-0.2, 0) is 4.74 Å². The molecule has 0 aromatic rings. The SMILES string of the molecule is CCCC(C)(C)O/C(C)=C/C=C(\C)C(CC(C)(C)C)C(C)(C)C. The van der Waals surface area contributed by atoms with Gasteiger partial charge in [0.2, 0.25) is 0 Å². The van der Waals surface area contributed by atoms with Gasteiger partial charge < -0.3 is 4.74 Å². The van der Waals surface area contributed by atoms with Crippen molar-refractivity contribution in [2.24, 2.45) is 16.7 Å². The van der Waals surface area contributed by atoms with Crippen LogP contribution >= 0.6 is 0 Å². The lowest BCUT2D eigenvalue weighted by atomic mass is 9.69. The van der Waals surface area contributed by atoms with Crippen molar-refractivity contribution in [2.75, 3.05) is 0 Å². The molecule has 0 aliphatic heterocycles. The zero-order valence-electron chi connectivity index (χ0n) is 17.8. The molecule has 0 spiro atoms. The first-order valence-electron chi connectivity index (χ1n) is 9.22. The van der Waals surface area contributed by atoms with Crippen LogP contribution in [0.25, 0.3) is 0 Å². The average molecular weight is 323 g/mol. The number of hydrogen-bond donors (Lipinski definition) is 0. The molecule has 0 saturated carbocycles. The Morgan fingerprint density at radius 2 is 1.43 bits per heavy atom. The summed E-state index contributed by atoms with van der Waals surface area (Å²) in [6.07, 6.45) is 7.84. The van der Waals surface area contributed by atoms with E-state index in [4.69, 9.17) is 4.74 Å². The number of ether oxygens (including phenoxy) is 1. The summed E-state index contributed by atoms with van der Waals surface area (Å²) < 4.78 is 6.11. The molecule has 0 bridgehead atoms. The van der Waals surface area contributed by atoms with Crippen LogP contribution in [0.3, 0.4) is 0 Å². The van der Waals surface area contributed by atoms with E-state index >= 15 is 0 Å². The van der Waals surface area contributed by atoms with Crippen molar-refractivity contribution >= 4 is 0 Å². The van der Waals surface area contributed by atoms with Gasteiger partial charge in [-0.15, -0.1) is 0 Å². The highest BCUT2D eigenvalue weighted by molar-refractivity contribution is 5.17. The molecular formula is C22H42O. The second kappa shape index (κ2) is 8.40. The van der Waals surface area contributed by atoms with E-state index in [9.17, 15) is 0 Å². The third-order valence-electron chi connectivity index (χ3n) is 4.28. The van der Waals surface area contributed by atoms with E-state index in [0.717, 1.165) is 18.6 Å². The Hall–Kier alpha value is -0.720. The molecule has 0 aromatic heterocycles. The highest BCUT2D eigenvalue weighted by atomic mass is 16.5. The molecule has 0 aliphatic rings. The van der Waals surface area contributed by atoms with E-state index in [-0.39, 0.29) is 11.0 Å². The van der Waals surface area contributed by atoms with Crippen molar-refractivity contribution in [3.63, 3.8) is 0 Å². The fourth-order valence-electron chi connectivity index (χ4n) is 3.25. The maximum Gasteiger partial charge on any atom is 0.103 e. The maximum atomic E-state index is 6.11. The van der Waals surface area contributed by atoms with E-state index in [2.05, 4.69) is 88.3 Å².